The second-order valence-electron chi connectivity index (χ2n) is 5.15. The standard InChI is InChI=1S/C14H17N3O2/c18-13-9-12(14(19)17(13)11-1-2-11)16-8-5-10-3-6-15-7-4-10/h3-4,6-7,11-12,16H,1-2,5,8-9H2. The Morgan fingerprint density at radius 2 is 2.00 bits per heavy atom. The van der Waals surface area contributed by atoms with Crippen LogP contribution in [0.25, 0.3) is 0 Å². The Hall–Kier alpha value is -1.75. The number of likely N-dealkylation sites (tertiary alicyclic amines) is 1. The Kier molecular flexibility index (Phi) is 3.29. The zero-order valence-corrected chi connectivity index (χ0v) is 10.7. The van der Waals surface area contributed by atoms with Crippen molar-refractivity contribution in [2.24, 2.45) is 0 Å². The molecule has 0 aromatic carbocycles. The molecule has 1 aromatic heterocycles. The van der Waals surface area contributed by atoms with Crippen LogP contribution < -0.4 is 5.32 Å². The monoisotopic (exact) mass is 259 g/mol. The molecule has 100 valence electrons. The number of hydrogen-bond acceptors (Lipinski definition) is 4. The second kappa shape index (κ2) is 5.09. The summed E-state index contributed by atoms with van der Waals surface area (Å²) in [5.74, 6) is -0.0591. The number of nitrogens with zero attached hydrogens (tertiary/aromatic N) is 2. The van der Waals surface area contributed by atoms with Crippen molar-refractivity contribution in [3.8, 4) is 0 Å². The van der Waals surface area contributed by atoms with Crippen molar-refractivity contribution in [3.05, 3.63) is 30.1 Å². The van der Waals surface area contributed by atoms with Gasteiger partial charge in [-0.25, -0.2) is 0 Å². The first kappa shape index (κ1) is 12.3. The summed E-state index contributed by atoms with van der Waals surface area (Å²) in [6.45, 7) is 0.701. The van der Waals surface area contributed by atoms with E-state index in [1.165, 1.54) is 10.5 Å². The molecular formula is C14H17N3O2. The smallest absolute Gasteiger partial charge is 0.247 e. The fourth-order valence-corrected chi connectivity index (χ4v) is 2.47. The molecule has 1 N–H and O–H groups in total. The molecule has 0 bridgehead atoms. The van der Waals surface area contributed by atoms with Crippen molar-refractivity contribution >= 4 is 11.8 Å². The SMILES string of the molecule is O=C1CC(NCCc2ccncc2)C(=O)N1C1CC1. The summed E-state index contributed by atoms with van der Waals surface area (Å²) in [4.78, 5) is 29.3. The third-order valence-electron chi connectivity index (χ3n) is 3.65. The zero-order valence-electron chi connectivity index (χ0n) is 10.7. The lowest BCUT2D eigenvalue weighted by Gasteiger charge is -2.14. The third kappa shape index (κ3) is 2.66. The summed E-state index contributed by atoms with van der Waals surface area (Å²) in [6.07, 6.45) is 6.61. The minimum atomic E-state index is -0.324. The van der Waals surface area contributed by atoms with Gasteiger partial charge in [-0.2, -0.15) is 0 Å². The first-order valence-corrected chi connectivity index (χ1v) is 6.74. The molecule has 2 aliphatic rings. The molecule has 1 saturated carbocycles. The van der Waals surface area contributed by atoms with Gasteiger partial charge < -0.3 is 5.32 Å². The highest BCUT2D eigenvalue weighted by Crippen LogP contribution is 2.31. The normalized spacial score (nSPS) is 23.2. The van der Waals surface area contributed by atoms with Crippen LogP contribution in [0, 0.1) is 0 Å². The molecule has 2 heterocycles. The van der Waals surface area contributed by atoms with Gasteiger partial charge in [0.25, 0.3) is 0 Å². The minimum absolute atomic E-state index is 0.0195. The molecule has 1 aliphatic heterocycles. The van der Waals surface area contributed by atoms with Crippen molar-refractivity contribution in [2.75, 3.05) is 6.54 Å². The molecule has 1 atom stereocenters. The van der Waals surface area contributed by atoms with Crippen molar-refractivity contribution < 1.29 is 9.59 Å². The highest BCUT2D eigenvalue weighted by Gasteiger charge is 2.45. The number of imide groups is 1. The van der Waals surface area contributed by atoms with Crippen molar-refractivity contribution in [1.82, 2.24) is 15.2 Å². The first-order chi connectivity index (χ1) is 9.25. The molecule has 1 saturated heterocycles. The molecule has 5 heteroatoms. The number of nitrogens with one attached hydrogen (secondary N) is 1. The van der Waals surface area contributed by atoms with Gasteiger partial charge in [-0.3, -0.25) is 19.5 Å². The van der Waals surface area contributed by atoms with Crippen LogP contribution in [0.15, 0.2) is 24.5 Å². The third-order valence-corrected chi connectivity index (χ3v) is 3.65. The quantitative estimate of drug-likeness (QED) is 0.782. The van der Waals surface area contributed by atoms with Gasteiger partial charge in [0, 0.05) is 18.4 Å². The summed E-state index contributed by atoms with van der Waals surface area (Å²) in [5, 5.41) is 3.19. The van der Waals surface area contributed by atoms with E-state index in [0.29, 0.717) is 13.0 Å². The Morgan fingerprint density at radius 1 is 1.26 bits per heavy atom. The molecule has 1 aromatic rings. The Balaban J connectivity index is 1.51. The summed E-state index contributed by atoms with van der Waals surface area (Å²) < 4.78 is 0. The molecule has 1 aliphatic carbocycles. The average Bonchev–Trinajstić information content (AvgIpc) is 3.19. The average molecular weight is 259 g/mol. The van der Waals surface area contributed by atoms with E-state index >= 15 is 0 Å². The van der Waals surface area contributed by atoms with E-state index in [9.17, 15) is 9.59 Å². The van der Waals surface area contributed by atoms with E-state index in [4.69, 9.17) is 0 Å². The van der Waals surface area contributed by atoms with E-state index < -0.39 is 0 Å². The van der Waals surface area contributed by atoms with Gasteiger partial charge in [0.2, 0.25) is 11.8 Å². The molecule has 5 nitrogen and oxygen atoms in total. The number of aromatic nitrogens is 1. The molecule has 2 amide bonds. The van der Waals surface area contributed by atoms with Crippen molar-refractivity contribution in [3.63, 3.8) is 0 Å². The molecule has 2 fully saturated rings. The van der Waals surface area contributed by atoms with Gasteiger partial charge in [-0.15, -0.1) is 0 Å². The van der Waals surface area contributed by atoms with Crippen LogP contribution >= 0.6 is 0 Å². The van der Waals surface area contributed by atoms with Gasteiger partial charge in [-0.05, 0) is 43.5 Å². The largest absolute Gasteiger partial charge is 0.305 e. The number of pyridine rings is 1. The topological polar surface area (TPSA) is 62.3 Å². The molecule has 3 rings (SSSR count). The van der Waals surface area contributed by atoms with E-state index in [2.05, 4.69) is 10.3 Å². The van der Waals surface area contributed by atoms with Gasteiger partial charge in [0.1, 0.15) is 0 Å². The van der Waals surface area contributed by atoms with E-state index in [0.717, 1.165) is 19.3 Å². The predicted octanol–water partition coefficient (Wildman–Crippen LogP) is 0.504. The van der Waals surface area contributed by atoms with Gasteiger partial charge in [0.05, 0.1) is 12.5 Å². The summed E-state index contributed by atoms with van der Waals surface area (Å²) in [7, 11) is 0. The van der Waals surface area contributed by atoms with Crippen LogP contribution in [0.1, 0.15) is 24.8 Å². The number of rotatable bonds is 5. The zero-order chi connectivity index (χ0) is 13.2. The number of carbonyl (C=O) groups excluding carboxylic acids is 2. The fraction of sp³-hybridized carbons (Fsp3) is 0.500. The van der Waals surface area contributed by atoms with Crippen molar-refractivity contribution in [2.45, 2.75) is 37.8 Å². The first-order valence-electron chi connectivity index (χ1n) is 6.74. The van der Waals surface area contributed by atoms with Gasteiger partial charge in [0.15, 0.2) is 0 Å². The number of carbonyl (C=O) groups is 2. The summed E-state index contributed by atoms with van der Waals surface area (Å²) >= 11 is 0. The Bertz CT molecular complexity index is 485. The maximum absolute atomic E-state index is 12.1. The van der Waals surface area contributed by atoms with E-state index in [1.807, 2.05) is 12.1 Å². The lowest BCUT2D eigenvalue weighted by atomic mass is 10.2. The minimum Gasteiger partial charge on any atom is -0.305 e. The van der Waals surface area contributed by atoms with Crippen LogP contribution in [0.3, 0.4) is 0 Å². The Labute approximate surface area is 112 Å². The number of amides is 2. The van der Waals surface area contributed by atoms with Crippen molar-refractivity contribution in [1.29, 1.82) is 0 Å². The molecule has 1 unspecified atom stereocenters. The van der Waals surface area contributed by atoms with Crippen LogP contribution in [-0.4, -0.2) is 40.3 Å². The van der Waals surface area contributed by atoms with Crippen LogP contribution in [-0.2, 0) is 16.0 Å². The lowest BCUT2D eigenvalue weighted by Crippen LogP contribution is -2.40. The van der Waals surface area contributed by atoms with Crippen LogP contribution in [0.5, 0.6) is 0 Å². The second-order valence-corrected chi connectivity index (χ2v) is 5.15. The number of hydrogen-bond donors (Lipinski definition) is 1. The molecule has 0 spiro atoms. The van der Waals surface area contributed by atoms with Crippen LogP contribution in [0.4, 0.5) is 0 Å². The van der Waals surface area contributed by atoms with Gasteiger partial charge in [-0.1, -0.05) is 0 Å². The highest BCUT2D eigenvalue weighted by molar-refractivity contribution is 6.06. The molecule has 19 heavy (non-hydrogen) atoms. The lowest BCUT2D eigenvalue weighted by molar-refractivity contribution is -0.139. The summed E-state index contributed by atoms with van der Waals surface area (Å²) in [5.41, 5.74) is 1.18. The summed E-state index contributed by atoms with van der Waals surface area (Å²) in [6, 6.07) is 3.78. The van der Waals surface area contributed by atoms with E-state index in [1.54, 1.807) is 12.4 Å². The van der Waals surface area contributed by atoms with E-state index in [-0.39, 0.29) is 23.9 Å². The molecular weight excluding hydrogens is 242 g/mol. The maximum atomic E-state index is 12.1. The highest BCUT2D eigenvalue weighted by atomic mass is 16.2. The van der Waals surface area contributed by atoms with Gasteiger partial charge >= 0.3 is 0 Å². The maximum Gasteiger partial charge on any atom is 0.247 e. The fourth-order valence-electron chi connectivity index (χ4n) is 2.47. The predicted molar refractivity (Wildman–Crippen MR) is 69.2 cm³/mol. The van der Waals surface area contributed by atoms with Crippen LogP contribution in [0.2, 0.25) is 0 Å². The molecule has 0 radical (unpaired) electrons. The Morgan fingerprint density at radius 3 is 2.68 bits per heavy atom.